The summed E-state index contributed by atoms with van der Waals surface area (Å²) < 4.78 is 26.1. The van der Waals surface area contributed by atoms with Crippen molar-refractivity contribution in [2.75, 3.05) is 6.54 Å². The minimum atomic E-state index is -3.97. The number of hydrogen-bond donors (Lipinski definition) is 1. The molecule has 0 aliphatic carbocycles. The molecule has 1 aliphatic rings. The Kier molecular flexibility index (Phi) is 3.35. The van der Waals surface area contributed by atoms with Gasteiger partial charge in [0.15, 0.2) is 5.11 Å². The van der Waals surface area contributed by atoms with E-state index in [0.29, 0.717) is 5.39 Å². The van der Waals surface area contributed by atoms with E-state index in [1.807, 2.05) is 12.1 Å². The van der Waals surface area contributed by atoms with Crippen LogP contribution >= 0.6 is 23.8 Å². The van der Waals surface area contributed by atoms with Crippen molar-refractivity contribution in [3.05, 3.63) is 41.4 Å². The number of amides is 1. The third-order valence-corrected chi connectivity index (χ3v) is 5.90. The summed E-state index contributed by atoms with van der Waals surface area (Å²) in [5.41, 5.74) is 0. The van der Waals surface area contributed by atoms with Gasteiger partial charge in [-0.05, 0) is 23.7 Å². The van der Waals surface area contributed by atoms with Crippen molar-refractivity contribution < 1.29 is 13.2 Å². The Morgan fingerprint density at radius 1 is 1.19 bits per heavy atom. The third-order valence-electron chi connectivity index (χ3n) is 3.16. The quantitative estimate of drug-likeness (QED) is 0.848. The maximum Gasteiger partial charge on any atom is 0.268 e. The van der Waals surface area contributed by atoms with Crippen molar-refractivity contribution in [3.8, 4) is 0 Å². The highest BCUT2D eigenvalue weighted by Crippen LogP contribution is 2.32. The summed E-state index contributed by atoms with van der Waals surface area (Å²) in [6.45, 7) is -0.329. The van der Waals surface area contributed by atoms with Crippen LogP contribution in [0.25, 0.3) is 10.8 Å². The molecule has 0 saturated carbocycles. The van der Waals surface area contributed by atoms with Gasteiger partial charge in [0.05, 0.1) is 5.02 Å². The van der Waals surface area contributed by atoms with Gasteiger partial charge in [-0.1, -0.05) is 41.9 Å². The number of halogens is 1. The molecule has 1 saturated heterocycles. The van der Waals surface area contributed by atoms with Gasteiger partial charge in [0.1, 0.15) is 11.4 Å². The van der Waals surface area contributed by atoms with Gasteiger partial charge in [-0.3, -0.25) is 4.79 Å². The number of benzene rings is 2. The minimum absolute atomic E-state index is 0.0679. The van der Waals surface area contributed by atoms with Crippen LogP contribution in [0.4, 0.5) is 0 Å². The molecule has 5 nitrogen and oxygen atoms in total. The van der Waals surface area contributed by atoms with Gasteiger partial charge in [-0.2, -0.15) is 0 Å². The molecule has 21 heavy (non-hydrogen) atoms. The molecule has 2 aromatic rings. The summed E-state index contributed by atoms with van der Waals surface area (Å²) in [5, 5.41) is 3.74. The van der Waals surface area contributed by atoms with Crippen molar-refractivity contribution in [1.82, 2.24) is 9.62 Å². The van der Waals surface area contributed by atoms with Crippen LogP contribution in [0.2, 0.25) is 5.02 Å². The van der Waals surface area contributed by atoms with Crippen LogP contribution in [-0.2, 0) is 14.8 Å². The Morgan fingerprint density at radius 2 is 1.90 bits per heavy atom. The first kappa shape index (κ1) is 14.2. The molecule has 0 radical (unpaired) electrons. The first-order valence-corrected chi connectivity index (χ1v) is 8.17. The SMILES string of the molecule is O=C1CN(S(=O)(=O)c2ccc3ccccc3c2Cl)C(=S)N1. The molecular formula is C13H9ClN2O3S2. The topological polar surface area (TPSA) is 66.5 Å². The lowest BCUT2D eigenvalue weighted by molar-refractivity contribution is -0.118. The second-order valence-electron chi connectivity index (χ2n) is 4.46. The van der Waals surface area contributed by atoms with Crippen LogP contribution < -0.4 is 5.32 Å². The maximum absolute atomic E-state index is 12.6. The van der Waals surface area contributed by atoms with Gasteiger partial charge in [0, 0.05) is 5.39 Å². The number of nitrogens with zero attached hydrogens (tertiary/aromatic N) is 1. The lowest BCUT2D eigenvalue weighted by Crippen LogP contribution is -2.34. The van der Waals surface area contributed by atoms with E-state index in [4.69, 9.17) is 23.8 Å². The zero-order chi connectivity index (χ0) is 15.2. The molecule has 0 spiro atoms. The number of nitrogens with one attached hydrogen (secondary N) is 1. The highest BCUT2D eigenvalue weighted by molar-refractivity contribution is 7.91. The molecule has 1 heterocycles. The van der Waals surface area contributed by atoms with Gasteiger partial charge in [-0.15, -0.1) is 0 Å². The number of sulfonamides is 1. The van der Waals surface area contributed by atoms with Gasteiger partial charge >= 0.3 is 0 Å². The summed E-state index contributed by atoms with van der Waals surface area (Å²) in [4.78, 5) is 11.2. The van der Waals surface area contributed by atoms with E-state index in [2.05, 4.69) is 5.32 Å². The lowest BCUT2D eigenvalue weighted by Gasteiger charge is -2.17. The number of fused-ring (bicyclic) bond motifs is 1. The first-order valence-electron chi connectivity index (χ1n) is 5.95. The molecule has 0 aromatic heterocycles. The monoisotopic (exact) mass is 340 g/mol. The molecule has 0 atom stereocenters. The van der Waals surface area contributed by atoms with E-state index in [0.717, 1.165) is 9.69 Å². The Bertz CT molecular complexity index is 880. The Morgan fingerprint density at radius 3 is 2.57 bits per heavy atom. The minimum Gasteiger partial charge on any atom is -0.301 e. The standard InChI is InChI=1S/C13H9ClN2O3S2/c14-12-9-4-2-1-3-8(9)5-6-10(12)21(18,19)16-7-11(17)15-13(16)20/h1-6H,7H2,(H,15,17,20). The van der Waals surface area contributed by atoms with Crippen molar-refractivity contribution in [1.29, 1.82) is 0 Å². The molecule has 1 N–H and O–H groups in total. The number of carbonyl (C=O) groups excluding carboxylic acids is 1. The van der Waals surface area contributed by atoms with Crippen LogP contribution in [0.15, 0.2) is 41.3 Å². The second-order valence-corrected chi connectivity index (χ2v) is 7.06. The fourth-order valence-corrected chi connectivity index (χ4v) is 4.51. The van der Waals surface area contributed by atoms with Crippen LogP contribution in [0.1, 0.15) is 0 Å². The molecular weight excluding hydrogens is 332 g/mol. The molecule has 3 rings (SSSR count). The molecule has 8 heteroatoms. The molecule has 108 valence electrons. The highest BCUT2D eigenvalue weighted by atomic mass is 35.5. The van der Waals surface area contributed by atoms with Crippen LogP contribution in [0.5, 0.6) is 0 Å². The van der Waals surface area contributed by atoms with Crippen molar-refractivity contribution in [3.63, 3.8) is 0 Å². The van der Waals surface area contributed by atoms with E-state index < -0.39 is 15.9 Å². The fourth-order valence-electron chi connectivity index (χ4n) is 2.15. The van der Waals surface area contributed by atoms with E-state index in [9.17, 15) is 13.2 Å². The number of rotatable bonds is 2. The summed E-state index contributed by atoms with van der Waals surface area (Å²) in [5.74, 6) is -0.458. The molecule has 2 aromatic carbocycles. The van der Waals surface area contributed by atoms with Gasteiger partial charge < -0.3 is 5.32 Å². The molecule has 1 amide bonds. The van der Waals surface area contributed by atoms with E-state index >= 15 is 0 Å². The normalized spacial score (nSPS) is 15.6. The first-order chi connectivity index (χ1) is 9.91. The number of hydrogen-bond acceptors (Lipinski definition) is 4. The molecule has 0 bridgehead atoms. The molecule has 1 aliphatic heterocycles. The Hall–Kier alpha value is -1.70. The zero-order valence-corrected chi connectivity index (χ0v) is 12.9. The largest absolute Gasteiger partial charge is 0.301 e. The van der Waals surface area contributed by atoms with Gasteiger partial charge in [0.2, 0.25) is 5.91 Å². The second kappa shape index (κ2) is 4.94. The van der Waals surface area contributed by atoms with Crippen LogP contribution in [0.3, 0.4) is 0 Å². The predicted molar refractivity (Wildman–Crippen MR) is 83.6 cm³/mol. The lowest BCUT2D eigenvalue weighted by atomic mass is 10.1. The van der Waals surface area contributed by atoms with Crippen molar-refractivity contribution >= 4 is 55.6 Å². The summed E-state index contributed by atoms with van der Waals surface area (Å²) >= 11 is 11.1. The van der Waals surface area contributed by atoms with Crippen molar-refractivity contribution in [2.45, 2.75) is 4.90 Å². The Labute approximate surface area is 131 Å². The van der Waals surface area contributed by atoms with Gasteiger partial charge in [-0.25, -0.2) is 12.7 Å². The number of carbonyl (C=O) groups is 1. The predicted octanol–water partition coefficient (Wildman–Crippen LogP) is 1.90. The summed E-state index contributed by atoms with van der Waals surface area (Å²) in [6.07, 6.45) is 0. The highest BCUT2D eigenvalue weighted by Gasteiger charge is 2.36. The van der Waals surface area contributed by atoms with Crippen molar-refractivity contribution in [2.24, 2.45) is 0 Å². The average molecular weight is 341 g/mol. The Balaban J connectivity index is 2.18. The van der Waals surface area contributed by atoms with Crippen LogP contribution in [0, 0.1) is 0 Å². The molecule has 0 unspecified atom stereocenters. The summed E-state index contributed by atoms with van der Waals surface area (Å²) in [7, 11) is -3.97. The maximum atomic E-state index is 12.6. The van der Waals surface area contributed by atoms with E-state index in [1.165, 1.54) is 6.07 Å². The summed E-state index contributed by atoms with van der Waals surface area (Å²) in [6, 6.07) is 10.3. The zero-order valence-electron chi connectivity index (χ0n) is 10.5. The van der Waals surface area contributed by atoms with E-state index in [-0.39, 0.29) is 21.6 Å². The third kappa shape index (κ3) is 2.27. The van der Waals surface area contributed by atoms with Crippen LogP contribution in [-0.4, -0.2) is 30.3 Å². The molecule has 1 fully saturated rings. The number of thiocarbonyl (C=S) groups is 1. The van der Waals surface area contributed by atoms with E-state index in [1.54, 1.807) is 18.2 Å². The smallest absolute Gasteiger partial charge is 0.268 e. The average Bonchev–Trinajstić information content (AvgIpc) is 2.79. The van der Waals surface area contributed by atoms with Gasteiger partial charge in [0.25, 0.3) is 10.0 Å². The fraction of sp³-hybridized carbons (Fsp3) is 0.0769.